The summed E-state index contributed by atoms with van der Waals surface area (Å²) in [6.07, 6.45) is 0.146. The molecule has 33 heavy (non-hydrogen) atoms. The second kappa shape index (κ2) is 15.3. The Hall–Kier alpha value is -3.59. The molecule has 0 bridgehead atoms. The molecule has 178 valence electrons. The van der Waals surface area contributed by atoms with E-state index in [4.69, 9.17) is 15.2 Å². The summed E-state index contributed by atoms with van der Waals surface area (Å²) in [7, 11) is 0. The van der Waals surface area contributed by atoms with Crippen molar-refractivity contribution in [2.45, 2.75) is 38.5 Å². The third kappa shape index (κ3) is 11.6. The van der Waals surface area contributed by atoms with Crippen LogP contribution in [-0.4, -0.2) is 43.8 Å². The largest absolute Gasteiger partial charge is 0.445 e. The summed E-state index contributed by atoms with van der Waals surface area (Å²) in [4.78, 5) is 36.1. The first-order valence-electron chi connectivity index (χ1n) is 11.0. The van der Waals surface area contributed by atoms with E-state index in [9.17, 15) is 14.4 Å². The lowest BCUT2D eigenvalue weighted by Gasteiger charge is -2.18. The Morgan fingerprint density at radius 2 is 1.33 bits per heavy atom. The van der Waals surface area contributed by atoms with Gasteiger partial charge in [0.05, 0.1) is 0 Å². The zero-order valence-electron chi connectivity index (χ0n) is 18.6. The minimum absolute atomic E-state index is 0.0822. The van der Waals surface area contributed by atoms with Gasteiger partial charge in [0.15, 0.2) is 0 Å². The van der Waals surface area contributed by atoms with Crippen LogP contribution in [0.4, 0.5) is 9.59 Å². The van der Waals surface area contributed by atoms with Gasteiger partial charge >= 0.3 is 12.2 Å². The van der Waals surface area contributed by atoms with E-state index in [1.165, 1.54) is 0 Å². The van der Waals surface area contributed by atoms with Crippen molar-refractivity contribution in [3.8, 4) is 0 Å². The van der Waals surface area contributed by atoms with E-state index < -0.39 is 18.2 Å². The highest BCUT2D eigenvalue weighted by atomic mass is 16.6. The quantitative estimate of drug-likeness (QED) is 0.342. The third-order valence-electron chi connectivity index (χ3n) is 4.65. The predicted molar refractivity (Wildman–Crippen MR) is 124 cm³/mol. The number of amides is 3. The number of carbonyl (C=O) groups is 3. The molecule has 2 aromatic carbocycles. The zero-order valence-corrected chi connectivity index (χ0v) is 18.6. The van der Waals surface area contributed by atoms with Crippen LogP contribution >= 0.6 is 0 Å². The van der Waals surface area contributed by atoms with Crippen LogP contribution in [0.5, 0.6) is 0 Å². The fourth-order valence-electron chi connectivity index (χ4n) is 2.96. The molecule has 0 radical (unpaired) electrons. The van der Waals surface area contributed by atoms with E-state index >= 15 is 0 Å². The van der Waals surface area contributed by atoms with E-state index in [2.05, 4.69) is 16.0 Å². The highest BCUT2D eigenvalue weighted by Gasteiger charge is 2.17. The van der Waals surface area contributed by atoms with E-state index in [1.807, 2.05) is 60.7 Å². The number of alkyl carbamates (subject to hydrolysis) is 2. The van der Waals surface area contributed by atoms with E-state index in [1.54, 1.807) is 0 Å². The SMILES string of the molecule is NCCC[C@@H](CC(=O)NCCNC(=O)OCc1ccccc1)NC(=O)OCc1ccccc1. The number of hydrogen-bond acceptors (Lipinski definition) is 6. The summed E-state index contributed by atoms with van der Waals surface area (Å²) in [6, 6.07) is 18.3. The van der Waals surface area contributed by atoms with Crippen LogP contribution in [0.25, 0.3) is 0 Å². The van der Waals surface area contributed by atoms with Crippen molar-refractivity contribution in [1.82, 2.24) is 16.0 Å². The molecule has 0 heterocycles. The molecule has 5 N–H and O–H groups in total. The summed E-state index contributed by atoms with van der Waals surface area (Å²) in [5.41, 5.74) is 7.33. The van der Waals surface area contributed by atoms with Crippen molar-refractivity contribution in [2.75, 3.05) is 19.6 Å². The van der Waals surface area contributed by atoms with Gasteiger partial charge in [-0.25, -0.2) is 9.59 Å². The lowest BCUT2D eigenvalue weighted by atomic mass is 10.1. The molecule has 0 aliphatic rings. The Morgan fingerprint density at radius 3 is 1.91 bits per heavy atom. The van der Waals surface area contributed by atoms with Crippen molar-refractivity contribution in [3.05, 3.63) is 71.8 Å². The second-order valence-corrected chi connectivity index (χ2v) is 7.38. The lowest BCUT2D eigenvalue weighted by molar-refractivity contribution is -0.121. The van der Waals surface area contributed by atoms with Gasteiger partial charge in [0.2, 0.25) is 5.91 Å². The molecule has 9 heteroatoms. The normalized spacial score (nSPS) is 11.2. The number of rotatable bonds is 13. The van der Waals surface area contributed by atoms with Gasteiger partial charge in [-0.15, -0.1) is 0 Å². The number of carbonyl (C=O) groups excluding carboxylic acids is 3. The van der Waals surface area contributed by atoms with Gasteiger partial charge in [0.1, 0.15) is 13.2 Å². The Morgan fingerprint density at radius 1 is 0.788 bits per heavy atom. The molecule has 0 aromatic heterocycles. The van der Waals surface area contributed by atoms with Gasteiger partial charge < -0.3 is 31.2 Å². The van der Waals surface area contributed by atoms with Crippen LogP contribution < -0.4 is 21.7 Å². The molecule has 2 aromatic rings. The van der Waals surface area contributed by atoms with Crippen molar-refractivity contribution in [1.29, 1.82) is 0 Å². The molecular weight excluding hydrogens is 424 g/mol. The van der Waals surface area contributed by atoms with Crippen LogP contribution in [0.3, 0.4) is 0 Å². The molecule has 2 rings (SSSR count). The van der Waals surface area contributed by atoms with Crippen LogP contribution in [0.2, 0.25) is 0 Å². The standard InChI is InChI=1S/C24H32N4O5/c25-13-7-12-21(28-24(31)33-18-20-10-5-2-6-11-20)16-22(29)26-14-15-27-23(30)32-17-19-8-3-1-4-9-19/h1-6,8-11,21H,7,12-18,25H2,(H,26,29)(H,27,30)(H,28,31)/t21-/m0/s1. The molecule has 3 amide bonds. The maximum atomic E-state index is 12.3. The minimum Gasteiger partial charge on any atom is -0.445 e. The monoisotopic (exact) mass is 456 g/mol. The molecule has 9 nitrogen and oxygen atoms in total. The van der Waals surface area contributed by atoms with Gasteiger partial charge in [-0.05, 0) is 30.5 Å². The van der Waals surface area contributed by atoms with Gasteiger partial charge in [0.25, 0.3) is 0 Å². The smallest absolute Gasteiger partial charge is 0.407 e. The van der Waals surface area contributed by atoms with Crippen molar-refractivity contribution in [3.63, 3.8) is 0 Å². The number of ether oxygens (including phenoxy) is 2. The second-order valence-electron chi connectivity index (χ2n) is 7.38. The maximum absolute atomic E-state index is 12.3. The van der Waals surface area contributed by atoms with Gasteiger partial charge in [-0.2, -0.15) is 0 Å². The summed E-state index contributed by atoms with van der Waals surface area (Å²) in [5, 5.41) is 8.02. The Kier molecular flexibility index (Phi) is 11.9. The number of hydrogen-bond donors (Lipinski definition) is 4. The topological polar surface area (TPSA) is 132 Å². The third-order valence-corrected chi connectivity index (χ3v) is 4.65. The number of benzene rings is 2. The average Bonchev–Trinajstić information content (AvgIpc) is 2.84. The molecule has 0 saturated heterocycles. The highest BCUT2D eigenvalue weighted by Crippen LogP contribution is 2.05. The summed E-state index contributed by atoms with van der Waals surface area (Å²) < 4.78 is 10.3. The van der Waals surface area contributed by atoms with E-state index in [0.717, 1.165) is 11.1 Å². The van der Waals surface area contributed by atoms with Crippen molar-refractivity contribution >= 4 is 18.1 Å². The molecular formula is C24H32N4O5. The molecule has 0 aliphatic carbocycles. The lowest BCUT2D eigenvalue weighted by Crippen LogP contribution is -2.41. The Balaban J connectivity index is 1.64. The predicted octanol–water partition coefficient (Wildman–Crippen LogP) is 2.45. The number of nitrogens with two attached hydrogens (primary N) is 1. The fourth-order valence-corrected chi connectivity index (χ4v) is 2.96. The molecule has 1 atom stereocenters. The molecule has 0 spiro atoms. The zero-order chi connectivity index (χ0) is 23.7. The summed E-state index contributed by atoms with van der Waals surface area (Å²) >= 11 is 0. The maximum Gasteiger partial charge on any atom is 0.407 e. The Bertz CT molecular complexity index is 848. The molecule has 0 unspecified atom stereocenters. The minimum atomic E-state index is -0.587. The number of nitrogens with one attached hydrogen (secondary N) is 3. The van der Waals surface area contributed by atoms with E-state index in [-0.39, 0.29) is 38.6 Å². The van der Waals surface area contributed by atoms with E-state index in [0.29, 0.717) is 19.4 Å². The fraction of sp³-hybridized carbons (Fsp3) is 0.375. The van der Waals surface area contributed by atoms with Crippen LogP contribution in [0, 0.1) is 0 Å². The molecule has 0 fully saturated rings. The summed E-state index contributed by atoms with van der Waals surface area (Å²) in [6.45, 7) is 1.23. The van der Waals surface area contributed by atoms with Crippen molar-refractivity contribution < 1.29 is 23.9 Å². The van der Waals surface area contributed by atoms with Crippen LogP contribution in [-0.2, 0) is 27.5 Å². The first-order chi connectivity index (χ1) is 16.1. The van der Waals surface area contributed by atoms with Crippen LogP contribution in [0.1, 0.15) is 30.4 Å². The Labute approximate surface area is 194 Å². The van der Waals surface area contributed by atoms with Crippen LogP contribution in [0.15, 0.2) is 60.7 Å². The highest BCUT2D eigenvalue weighted by molar-refractivity contribution is 5.77. The van der Waals surface area contributed by atoms with Gasteiger partial charge in [-0.1, -0.05) is 60.7 Å². The average molecular weight is 457 g/mol. The first kappa shape index (κ1) is 25.7. The molecule has 0 aliphatic heterocycles. The molecule has 0 saturated carbocycles. The van der Waals surface area contributed by atoms with Crippen molar-refractivity contribution in [2.24, 2.45) is 5.73 Å². The van der Waals surface area contributed by atoms with Gasteiger partial charge in [-0.3, -0.25) is 4.79 Å². The summed E-state index contributed by atoms with van der Waals surface area (Å²) in [5.74, 6) is -0.250. The first-order valence-corrected chi connectivity index (χ1v) is 11.0. The van der Waals surface area contributed by atoms with Gasteiger partial charge in [0, 0.05) is 25.6 Å².